The number of fused-ring (bicyclic) bond motifs is 1. The topological polar surface area (TPSA) is 137 Å². The Bertz CT molecular complexity index is 1260. The zero-order valence-electron chi connectivity index (χ0n) is 22.8. The van der Waals surface area contributed by atoms with Crippen LogP contribution in [0, 0.1) is 5.82 Å². The number of carbonyl (C=O) groups excluding carboxylic acids is 3. The van der Waals surface area contributed by atoms with Gasteiger partial charge in [-0.25, -0.2) is 28.5 Å². The van der Waals surface area contributed by atoms with Gasteiger partial charge < -0.3 is 24.8 Å². The quantitative estimate of drug-likeness (QED) is 0.368. The van der Waals surface area contributed by atoms with E-state index in [2.05, 4.69) is 20.7 Å². The van der Waals surface area contributed by atoms with E-state index >= 15 is 4.39 Å². The molecule has 1 saturated heterocycles. The van der Waals surface area contributed by atoms with Crippen LogP contribution in [-0.4, -0.2) is 76.3 Å². The maximum absolute atomic E-state index is 15.9. The van der Waals surface area contributed by atoms with Gasteiger partial charge >= 0.3 is 18.7 Å². The molecule has 0 unspecified atom stereocenters. The van der Waals surface area contributed by atoms with Crippen molar-refractivity contribution in [1.29, 1.82) is 0 Å². The third-order valence-corrected chi connectivity index (χ3v) is 6.74. The highest BCUT2D eigenvalue weighted by Crippen LogP contribution is 2.37. The molecule has 0 radical (unpaired) electrons. The lowest BCUT2D eigenvalue weighted by Crippen LogP contribution is -2.53. The third kappa shape index (κ3) is 6.89. The van der Waals surface area contributed by atoms with Crippen molar-refractivity contribution >= 4 is 23.9 Å². The van der Waals surface area contributed by atoms with Crippen molar-refractivity contribution in [3.63, 3.8) is 0 Å². The Morgan fingerprint density at radius 1 is 1.17 bits per heavy atom. The minimum atomic E-state index is -2.96. The Hall–Kier alpha value is -3.88. The van der Waals surface area contributed by atoms with Crippen molar-refractivity contribution in [1.82, 2.24) is 25.0 Å². The van der Waals surface area contributed by atoms with Gasteiger partial charge in [0, 0.05) is 23.9 Å². The molecule has 2 aromatic rings. The summed E-state index contributed by atoms with van der Waals surface area (Å²) < 4.78 is 58.7. The monoisotopic (exact) mass is 582 g/mol. The molecule has 0 aromatic carbocycles. The second kappa shape index (κ2) is 13.7. The molecule has 3 amide bonds. The van der Waals surface area contributed by atoms with E-state index in [1.54, 1.807) is 0 Å². The Morgan fingerprint density at radius 3 is 2.59 bits per heavy atom. The van der Waals surface area contributed by atoms with Gasteiger partial charge in [-0.05, 0) is 19.3 Å². The van der Waals surface area contributed by atoms with Gasteiger partial charge in [0.15, 0.2) is 11.6 Å². The van der Waals surface area contributed by atoms with Gasteiger partial charge in [-0.3, -0.25) is 4.79 Å². The number of alkyl carbamates (subject to hydrolysis) is 1. The van der Waals surface area contributed by atoms with Crippen LogP contribution in [0.15, 0.2) is 12.4 Å². The molecule has 1 fully saturated rings. The zero-order chi connectivity index (χ0) is 29.5. The number of nitrogens with zero attached hydrogens (tertiary/aromatic N) is 4. The largest absolute Gasteiger partial charge is 0.450 e. The standard InChI is InChI=1S/C26H33F3N6O6/c1-3-5-8-40-25(37)32-18-14-39-10-7-17(18)31-22-20(27)16-13-34(26(38)41-9-6-4-2)23(36)19(16)21(33-22)15-11-30-35(12-15)24(28)29/h11-12,17-18,24H,3-10,13-14H2,1-2H3,(H,31,33)(H,32,37)/t17-,18+/m1/s1. The minimum Gasteiger partial charge on any atom is -0.450 e. The van der Waals surface area contributed by atoms with Gasteiger partial charge in [0.1, 0.15) is 0 Å². The van der Waals surface area contributed by atoms with Gasteiger partial charge in [-0.1, -0.05) is 26.7 Å². The SMILES string of the molecule is CCCCOC(=O)N[C@H]1COCC[C@H]1Nc1nc(-c2cnn(C(F)F)c2)c2c(c1F)CN(C(=O)OCCCC)C2=O. The number of hydrogen-bond acceptors (Lipinski definition) is 9. The van der Waals surface area contributed by atoms with E-state index in [1.165, 1.54) is 0 Å². The van der Waals surface area contributed by atoms with E-state index in [0.717, 1.165) is 30.1 Å². The molecule has 15 heteroatoms. The lowest BCUT2D eigenvalue weighted by molar-refractivity contribution is 0.0566. The van der Waals surface area contributed by atoms with Crippen LogP contribution in [0.25, 0.3) is 11.3 Å². The summed E-state index contributed by atoms with van der Waals surface area (Å²) in [5.74, 6) is -2.03. The minimum absolute atomic E-state index is 0.0281. The summed E-state index contributed by atoms with van der Waals surface area (Å²) in [6.07, 6.45) is 3.72. The Kier molecular flexibility index (Phi) is 10.0. The average molecular weight is 583 g/mol. The number of carbonyl (C=O) groups is 3. The number of pyridine rings is 1. The van der Waals surface area contributed by atoms with Crippen molar-refractivity contribution in [2.75, 3.05) is 31.7 Å². The smallest absolute Gasteiger partial charge is 0.417 e. The molecule has 4 heterocycles. The summed E-state index contributed by atoms with van der Waals surface area (Å²) >= 11 is 0. The summed E-state index contributed by atoms with van der Waals surface area (Å²) in [4.78, 5) is 43.2. The fourth-order valence-corrected chi connectivity index (χ4v) is 4.49. The summed E-state index contributed by atoms with van der Waals surface area (Å²) in [5.41, 5.74) is -0.480. The first-order valence-electron chi connectivity index (χ1n) is 13.6. The second-order valence-electron chi connectivity index (χ2n) is 9.68. The molecule has 2 aromatic heterocycles. The van der Waals surface area contributed by atoms with Crippen LogP contribution in [0.4, 0.5) is 28.6 Å². The third-order valence-electron chi connectivity index (χ3n) is 6.74. The van der Waals surface area contributed by atoms with Crippen LogP contribution < -0.4 is 10.6 Å². The van der Waals surface area contributed by atoms with E-state index in [4.69, 9.17) is 14.2 Å². The number of imide groups is 1. The van der Waals surface area contributed by atoms with E-state index in [9.17, 15) is 23.2 Å². The summed E-state index contributed by atoms with van der Waals surface area (Å²) in [7, 11) is 0. The molecule has 2 N–H and O–H groups in total. The number of alkyl halides is 2. The van der Waals surface area contributed by atoms with Crippen molar-refractivity contribution in [2.24, 2.45) is 0 Å². The summed E-state index contributed by atoms with van der Waals surface area (Å²) in [6, 6.07) is -1.16. The molecule has 4 rings (SSSR count). The lowest BCUT2D eigenvalue weighted by atomic mass is 10.0. The predicted octanol–water partition coefficient (Wildman–Crippen LogP) is 4.47. The number of ether oxygens (including phenoxy) is 3. The normalized spacial score (nSPS) is 18.4. The van der Waals surface area contributed by atoms with Gasteiger partial charge in [0.2, 0.25) is 0 Å². The molecule has 12 nitrogen and oxygen atoms in total. The highest BCUT2D eigenvalue weighted by molar-refractivity contribution is 6.10. The number of halogens is 3. The van der Waals surface area contributed by atoms with Crippen molar-refractivity contribution in [2.45, 2.75) is 71.1 Å². The Labute approximate surface area is 234 Å². The maximum atomic E-state index is 15.9. The van der Waals surface area contributed by atoms with Gasteiger partial charge in [-0.15, -0.1) is 0 Å². The van der Waals surface area contributed by atoms with E-state index in [1.807, 2.05) is 13.8 Å². The molecule has 0 saturated carbocycles. The first-order valence-corrected chi connectivity index (χ1v) is 13.6. The maximum Gasteiger partial charge on any atom is 0.417 e. The first kappa shape index (κ1) is 30.1. The molecule has 2 atom stereocenters. The van der Waals surface area contributed by atoms with Crippen LogP contribution in [0.1, 0.15) is 68.4 Å². The number of amides is 3. The first-order chi connectivity index (χ1) is 19.7. The highest BCUT2D eigenvalue weighted by Gasteiger charge is 2.40. The summed E-state index contributed by atoms with van der Waals surface area (Å²) in [6.45, 7) is 1.24. The molecular weight excluding hydrogens is 549 g/mol. The number of rotatable bonds is 11. The number of nitrogens with one attached hydrogen (secondary N) is 2. The van der Waals surface area contributed by atoms with Crippen LogP contribution in [-0.2, 0) is 20.8 Å². The van der Waals surface area contributed by atoms with Gasteiger partial charge in [0.25, 0.3) is 5.91 Å². The number of aromatic nitrogens is 3. The second-order valence-corrected chi connectivity index (χ2v) is 9.68. The molecule has 0 spiro atoms. The van der Waals surface area contributed by atoms with Crippen LogP contribution in [0.2, 0.25) is 0 Å². The number of anilines is 1. The average Bonchev–Trinajstić information content (AvgIpc) is 3.58. The van der Waals surface area contributed by atoms with Crippen LogP contribution in [0.5, 0.6) is 0 Å². The van der Waals surface area contributed by atoms with Crippen LogP contribution in [0.3, 0.4) is 0 Å². The van der Waals surface area contributed by atoms with E-state index in [-0.39, 0.29) is 48.0 Å². The number of hydrogen-bond donors (Lipinski definition) is 2. The Balaban J connectivity index is 1.65. The van der Waals surface area contributed by atoms with E-state index < -0.39 is 49.1 Å². The van der Waals surface area contributed by atoms with Crippen molar-refractivity contribution in [3.05, 3.63) is 29.3 Å². The zero-order valence-corrected chi connectivity index (χ0v) is 22.8. The number of unbranched alkanes of at least 4 members (excludes halogenated alkanes) is 2. The van der Waals surface area contributed by atoms with E-state index in [0.29, 0.717) is 30.6 Å². The van der Waals surface area contributed by atoms with Gasteiger partial charge in [0.05, 0.1) is 55.9 Å². The Morgan fingerprint density at radius 2 is 1.90 bits per heavy atom. The molecule has 2 aliphatic rings. The molecule has 0 bridgehead atoms. The predicted molar refractivity (Wildman–Crippen MR) is 139 cm³/mol. The summed E-state index contributed by atoms with van der Waals surface area (Å²) in [5, 5.41) is 9.31. The lowest BCUT2D eigenvalue weighted by Gasteiger charge is -2.33. The molecule has 224 valence electrons. The van der Waals surface area contributed by atoms with Crippen molar-refractivity contribution in [3.8, 4) is 11.3 Å². The highest BCUT2D eigenvalue weighted by atomic mass is 19.3. The van der Waals surface area contributed by atoms with Gasteiger partial charge in [-0.2, -0.15) is 13.9 Å². The molecule has 0 aliphatic carbocycles. The van der Waals surface area contributed by atoms with Crippen molar-refractivity contribution < 1.29 is 41.8 Å². The van der Waals surface area contributed by atoms with Crippen LogP contribution >= 0.6 is 0 Å². The molecular formula is C26H33F3N6O6. The fraction of sp³-hybridized carbons (Fsp3) is 0.577. The molecule has 41 heavy (non-hydrogen) atoms. The fourth-order valence-electron chi connectivity index (χ4n) is 4.49. The molecule has 2 aliphatic heterocycles.